The van der Waals surface area contributed by atoms with Crippen LogP contribution in [-0.2, 0) is 4.79 Å². The Bertz CT molecular complexity index is 702. The Morgan fingerprint density at radius 2 is 1.92 bits per heavy atom. The largest absolute Gasteiger partial charge is 0.491 e. The average Bonchev–Trinajstić information content (AvgIpc) is 2.55. The molecule has 24 heavy (non-hydrogen) atoms. The van der Waals surface area contributed by atoms with Gasteiger partial charge in [-0.15, -0.1) is 0 Å². The van der Waals surface area contributed by atoms with E-state index in [0.29, 0.717) is 29.0 Å². The highest BCUT2D eigenvalue weighted by Crippen LogP contribution is 2.24. The zero-order valence-electron chi connectivity index (χ0n) is 14.2. The van der Waals surface area contributed by atoms with Crippen molar-refractivity contribution >= 4 is 28.9 Å². The Hall–Kier alpha value is -2.20. The summed E-state index contributed by atoms with van der Waals surface area (Å²) in [5, 5.41) is 6.62. The number of halogens is 1. The van der Waals surface area contributed by atoms with Crippen molar-refractivity contribution < 1.29 is 9.53 Å². The summed E-state index contributed by atoms with van der Waals surface area (Å²) < 4.78 is 5.74. The molecule has 0 heterocycles. The number of anilines is 2. The van der Waals surface area contributed by atoms with E-state index < -0.39 is 0 Å². The molecule has 2 rings (SSSR count). The number of rotatable bonds is 7. The molecule has 0 aliphatic carbocycles. The molecule has 2 aromatic rings. The highest BCUT2D eigenvalue weighted by Gasteiger charge is 2.09. The minimum absolute atomic E-state index is 0.144. The molecule has 2 aromatic carbocycles. The van der Waals surface area contributed by atoms with Gasteiger partial charge in [0.1, 0.15) is 5.75 Å². The molecule has 0 fully saturated rings. The summed E-state index contributed by atoms with van der Waals surface area (Å²) in [5.41, 5.74) is 2.56. The topological polar surface area (TPSA) is 50.4 Å². The van der Waals surface area contributed by atoms with Crippen molar-refractivity contribution in [2.24, 2.45) is 5.92 Å². The van der Waals surface area contributed by atoms with E-state index in [2.05, 4.69) is 24.5 Å². The van der Waals surface area contributed by atoms with Gasteiger partial charge in [0, 0.05) is 10.7 Å². The van der Waals surface area contributed by atoms with E-state index in [4.69, 9.17) is 16.3 Å². The predicted octanol–water partition coefficient (Wildman–Crippen LogP) is 4.73. The number of nitrogens with one attached hydrogen (secondary N) is 2. The normalized spacial score (nSPS) is 10.5. The van der Waals surface area contributed by atoms with Crippen molar-refractivity contribution in [2.45, 2.75) is 20.8 Å². The van der Waals surface area contributed by atoms with Crippen LogP contribution in [0.1, 0.15) is 19.4 Å². The van der Waals surface area contributed by atoms with Gasteiger partial charge in [-0.3, -0.25) is 4.79 Å². The van der Waals surface area contributed by atoms with Gasteiger partial charge < -0.3 is 15.4 Å². The maximum absolute atomic E-state index is 12.2. The van der Waals surface area contributed by atoms with Gasteiger partial charge in [-0.05, 0) is 42.7 Å². The summed E-state index contributed by atoms with van der Waals surface area (Å²) in [6, 6.07) is 13.0. The molecular formula is C19H23ClN2O2. The SMILES string of the molecule is Cc1ccc(Cl)cc1NCC(=O)Nc1ccccc1OCC(C)C. The lowest BCUT2D eigenvalue weighted by Crippen LogP contribution is -2.22. The van der Waals surface area contributed by atoms with Crippen LogP contribution in [0.15, 0.2) is 42.5 Å². The molecule has 0 radical (unpaired) electrons. The second kappa shape index (κ2) is 8.60. The number of amides is 1. The summed E-state index contributed by atoms with van der Waals surface area (Å²) >= 11 is 5.99. The molecule has 0 aliphatic rings. The van der Waals surface area contributed by atoms with Crippen LogP contribution >= 0.6 is 11.6 Å². The lowest BCUT2D eigenvalue weighted by atomic mass is 10.2. The fourth-order valence-corrected chi connectivity index (χ4v) is 2.28. The highest BCUT2D eigenvalue weighted by molar-refractivity contribution is 6.30. The third kappa shape index (κ3) is 5.46. The van der Waals surface area contributed by atoms with E-state index in [1.807, 2.05) is 49.4 Å². The van der Waals surface area contributed by atoms with Crippen molar-refractivity contribution in [3.8, 4) is 5.75 Å². The molecule has 128 valence electrons. The van der Waals surface area contributed by atoms with Crippen molar-refractivity contribution in [1.29, 1.82) is 0 Å². The third-order valence-electron chi connectivity index (χ3n) is 3.37. The Morgan fingerprint density at radius 1 is 1.17 bits per heavy atom. The minimum atomic E-state index is -0.144. The summed E-state index contributed by atoms with van der Waals surface area (Å²) in [5.74, 6) is 0.953. The Kier molecular flexibility index (Phi) is 6.50. The summed E-state index contributed by atoms with van der Waals surface area (Å²) in [6.45, 7) is 6.88. The fourth-order valence-electron chi connectivity index (χ4n) is 2.11. The molecule has 5 heteroatoms. The second-order valence-corrected chi connectivity index (χ2v) is 6.50. The molecule has 0 bridgehead atoms. The number of hydrogen-bond donors (Lipinski definition) is 2. The maximum Gasteiger partial charge on any atom is 0.243 e. The number of carbonyl (C=O) groups is 1. The number of ether oxygens (including phenoxy) is 1. The third-order valence-corrected chi connectivity index (χ3v) is 3.61. The quantitative estimate of drug-likeness (QED) is 0.761. The van der Waals surface area contributed by atoms with Gasteiger partial charge in [0.25, 0.3) is 0 Å². The monoisotopic (exact) mass is 346 g/mol. The van der Waals surface area contributed by atoms with Crippen molar-refractivity contribution in [3.63, 3.8) is 0 Å². The average molecular weight is 347 g/mol. The minimum Gasteiger partial charge on any atom is -0.491 e. The molecule has 0 spiro atoms. The molecule has 0 saturated heterocycles. The van der Waals surface area contributed by atoms with E-state index >= 15 is 0 Å². The molecule has 1 amide bonds. The number of aryl methyl sites for hydroxylation is 1. The summed E-state index contributed by atoms with van der Waals surface area (Å²) in [6.07, 6.45) is 0. The number of carbonyl (C=O) groups excluding carboxylic acids is 1. The number of hydrogen-bond acceptors (Lipinski definition) is 3. The van der Waals surface area contributed by atoms with Gasteiger partial charge in [-0.1, -0.05) is 43.6 Å². The van der Waals surface area contributed by atoms with Crippen molar-refractivity contribution in [1.82, 2.24) is 0 Å². The first-order chi connectivity index (χ1) is 11.5. The lowest BCUT2D eigenvalue weighted by molar-refractivity contribution is -0.114. The molecular weight excluding hydrogens is 324 g/mol. The first-order valence-electron chi connectivity index (χ1n) is 7.97. The molecule has 0 unspecified atom stereocenters. The highest BCUT2D eigenvalue weighted by atomic mass is 35.5. The van der Waals surface area contributed by atoms with E-state index in [9.17, 15) is 4.79 Å². The number of benzene rings is 2. The standard InChI is InChI=1S/C19H23ClN2O2/c1-13(2)12-24-18-7-5-4-6-16(18)22-19(23)11-21-17-10-15(20)9-8-14(17)3/h4-10,13,21H,11-12H2,1-3H3,(H,22,23). The van der Waals surface area contributed by atoms with Crippen LogP contribution in [0, 0.1) is 12.8 Å². The van der Waals surface area contributed by atoms with Crippen LogP contribution in [0.25, 0.3) is 0 Å². The first kappa shape index (κ1) is 18.1. The smallest absolute Gasteiger partial charge is 0.243 e. The van der Waals surface area contributed by atoms with Crippen LogP contribution in [0.2, 0.25) is 5.02 Å². The lowest BCUT2D eigenvalue weighted by Gasteiger charge is -2.14. The van der Waals surface area contributed by atoms with E-state index in [-0.39, 0.29) is 12.5 Å². The van der Waals surface area contributed by atoms with Crippen LogP contribution in [0.4, 0.5) is 11.4 Å². The molecule has 2 N–H and O–H groups in total. The Labute approximate surface area is 148 Å². The van der Waals surface area contributed by atoms with Crippen LogP contribution in [-0.4, -0.2) is 19.1 Å². The van der Waals surface area contributed by atoms with E-state index in [0.717, 1.165) is 11.3 Å². The van der Waals surface area contributed by atoms with Crippen LogP contribution in [0.3, 0.4) is 0 Å². The molecule has 0 atom stereocenters. The van der Waals surface area contributed by atoms with Gasteiger partial charge in [0.2, 0.25) is 5.91 Å². The van der Waals surface area contributed by atoms with Gasteiger partial charge >= 0.3 is 0 Å². The first-order valence-corrected chi connectivity index (χ1v) is 8.35. The zero-order chi connectivity index (χ0) is 17.5. The van der Waals surface area contributed by atoms with E-state index in [1.165, 1.54) is 0 Å². The molecule has 4 nitrogen and oxygen atoms in total. The molecule has 0 aliphatic heterocycles. The fraction of sp³-hybridized carbons (Fsp3) is 0.316. The van der Waals surface area contributed by atoms with Crippen LogP contribution < -0.4 is 15.4 Å². The van der Waals surface area contributed by atoms with Crippen molar-refractivity contribution in [2.75, 3.05) is 23.8 Å². The number of para-hydroxylation sites is 2. The van der Waals surface area contributed by atoms with Gasteiger partial charge in [-0.25, -0.2) is 0 Å². The molecule has 0 aromatic heterocycles. The zero-order valence-corrected chi connectivity index (χ0v) is 15.0. The Balaban J connectivity index is 1.96. The van der Waals surface area contributed by atoms with Gasteiger partial charge in [0.15, 0.2) is 0 Å². The van der Waals surface area contributed by atoms with E-state index in [1.54, 1.807) is 0 Å². The van der Waals surface area contributed by atoms with Crippen LogP contribution in [0.5, 0.6) is 5.75 Å². The maximum atomic E-state index is 12.2. The van der Waals surface area contributed by atoms with Gasteiger partial charge in [0.05, 0.1) is 18.8 Å². The summed E-state index contributed by atoms with van der Waals surface area (Å²) in [4.78, 5) is 12.2. The molecule has 0 saturated carbocycles. The van der Waals surface area contributed by atoms with Crippen molar-refractivity contribution in [3.05, 3.63) is 53.1 Å². The van der Waals surface area contributed by atoms with Gasteiger partial charge in [-0.2, -0.15) is 0 Å². The Morgan fingerprint density at radius 3 is 2.67 bits per heavy atom. The second-order valence-electron chi connectivity index (χ2n) is 6.06. The summed E-state index contributed by atoms with van der Waals surface area (Å²) in [7, 11) is 0. The predicted molar refractivity (Wildman–Crippen MR) is 100 cm³/mol.